The Bertz CT molecular complexity index is 286. The van der Waals surface area contributed by atoms with E-state index < -0.39 is 11.0 Å². The van der Waals surface area contributed by atoms with E-state index >= 15 is 0 Å². The monoisotopic (exact) mass is 194 g/mol. The lowest BCUT2D eigenvalue weighted by Gasteiger charge is -2.58. The molecule has 4 saturated carbocycles. The van der Waals surface area contributed by atoms with Crippen LogP contribution in [0.3, 0.4) is 0 Å². The number of hydrogen-bond donors (Lipinski definition) is 2. The van der Waals surface area contributed by atoms with Crippen molar-refractivity contribution in [3.8, 4) is 0 Å². The molecule has 0 spiro atoms. The van der Waals surface area contributed by atoms with Gasteiger partial charge in [-0.25, -0.2) is 0 Å². The molecule has 0 aromatic carbocycles. The van der Waals surface area contributed by atoms with Crippen molar-refractivity contribution in [2.75, 3.05) is 0 Å². The molecule has 4 aliphatic carbocycles. The van der Waals surface area contributed by atoms with Gasteiger partial charge in [0.2, 0.25) is 5.91 Å². The minimum Gasteiger partial charge on any atom is -0.390 e. The van der Waals surface area contributed by atoms with Crippen molar-refractivity contribution in [1.29, 1.82) is 0 Å². The van der Waals surface area contributed by atoms with Crippen molar-refractivity contribution >= 4 is 5.91 Å². The third-order valence-corrected chi connectivity index (χ3v) is 4.29. The quantitative estimate of drug-likeness (QED) is 0.642. The standard InChI is InChI=1S/C11H16NO2/c12-9(13)10-2-7-1-8(3-10)5-11(14,4-7)6-10/h2,7-8,14H,1,3-6H2,(H2,12,13). The van der Waals surface area contributed by atoms with Crippen LogP contribution < -0.4 is 5.73 Å². The lowest BCUT2D eigenvalue weighted by Crippen LogP contribution is -2.60. The molecule has 4 fully saturated rings. The predicted octanol–water partition coefficient (Wildman–Crippen LogP) is 0.617. The van der Waals surface area contributed by atoms with Gasteiger partial charge in [0.05, 0.1) is 11.0 Å². The maximum Gasteiger partial charge on any atom is 0.224 e. The van der Waals surface area contributed by atoms with Gasteiger partial charge in [0.25, 0.3) is 0 Å². The number of primary amides is 1. The van der Waals surface area contributed by atoms with Crippen LogP contribution in [0.5, 0.6) is 0 Å². The summed E-state index contributed by atoms with van der Waals surface area (Å²) in [7, 11) is 0. The smallest absolute Gasteiger partial charge is 0.224 e. The molecule has 3 N–H and O–H groups in total. The highest BCUT2D eigenvalue weighted by molar-refractivity contribution is 5.83. The van der Waals surface area contributed by atoms with Crippen LogP contribution >= 0.6 is 0 Å². The average molecular weight is 194 g/mol. The summed E-state index contributed by atoms with van der Waals surface area (Å²) in [4.78, 5) is 11.5. The molecule has 0 heterocycles. The van der Waals surface area contributed by atoms with Crippen molar-refractivity contribution in [1.82, 2.24) is 0 Å². The zero-order valence-corrected chi connectivity index (χ0v) is 8.20. The van der Waals surface area contributed by atoms with E-state index in [1.54, 1.807) is 0 Å². The van der Waals surface area contributed by atoms with Gasteiger partial charge in [0, 0.05) is 0 Å². The van der Waals surface area contributed by atoms with Crippen molar-refractivity contribution in [3.05, 3.63) is 6.42 Å². The second-order valence-electron chi connectivity index (χ2n) is 5.56. The van der Waals surface area contributed by atoms with E-state index in [0.717, 1.165) is 25.7 Å². The van der Waals surface area contributed by atoms with Gasteiger partial charge in [0.15, 0.2) is 0 Å². The lowest BCUT2D eigenvalue weighted by molar-refractivity contribution is -0.159. The summed E-state index contributed by atoms with van der Waals surface area (Å²) in [6.07, 6.45) is 6.45. The number of rotatable bonds is 1. The Kier molecular flexibility index (Phi) is 1.45. The molecule has 4 unspecified atom stereocenters. The second kappa shape index (κ2) is 2.32. The fourth-order valence-electron chi connectivity index (χ4n) is 4.15. The first kappa shape index (κ1) is 8.72. The summed E-state index contributed by atoms with van der Waals surface area (Å²) < 4.78 is 0. The molecule has 4 bridgehead atoms. The number of carbonyl (C=O) groups excluding carboxylic acids is 1. The summed E-state index contributed by atoms with van der Waals surface area (Å²) in [5.41, 5.74) is 4.41. The molecular weight excluding hydrogens is 178 g/mol. The molecule has 1 radical (unpaired) electrons. The van der Waals surface area contributed by atoms with Crippen molar-refractivity contribution in [2.24, 2.45) is 23.0 Å². The van der Waals surface area contributed by atoms with Gasteiger partial charge in [-0.1, -0.05) is 0 Å². The SMILES string of the molecule is NC(=O)C12[CH]C3CC(CC(O)(C3)C1)C2. The summed E-state index contributed by atoms with van der Waals surface area (Å²) in [5, 5.41) is 10.3. The van der Waals surface area contributed by atoms with Crippen LogP contribution in [0.1, 0.15) is 32.1 Å². The fourth-order valence-corrected chi connectivity index (χ4v) is 4.15. The Morgan fingerprint density at radius 3 is 2.79 bits per heavy atom. The normalized spacial score (nSPS) is 54.9. The Morgan fingerprint density at radius 2 is 2.21 bits per heavy atom. The van der Waals surface area contributed by atoms with Crippen LogP contribution in [0.25, 0.3) is 0 Å². The minimum atomic E-state index is -0.588. The third-order valence-electron chi connectivity index (χ3n) is 4.29. The van der Waals surface area contributed by atoms with Crippen LogP contribution in [-0.4, -0.2) is 16.6 Å². The molecule has 0 aliphatic heterocycles. The first-order valence-corrected chi connectivity index (χ1v) is 5.40. The highest BCUT2D eigenvalue weighted by Gasteiger charge is 2.59. The fraction of sp³-hybridized carbons (Fsp3) is 0.818. The van der Waals surface area contributed by atoms with Crippen LogP contribution in [-0.2, 0) is 4.79 Å². The molecule has 3 nitrogen and oxygen atoms in total. The summed E-state index contributed by atoms with van der Waals surface area (Å²) in [6, 6.07) is 0. The molecule has 0 aromatic rings. The third kappa shape index (κ3) is 0.991. The summed E-state index contributed by atoms with van der Waals surface area (Å²) >= 11 is 0. The highest BCUT2D eigenvalue weighted by atomic mass is 16.3. The zero-order chi connectivity index (χ0) is 9.97. The molecule has 4 atom stereocenters. The molecular formula is C11H16NO2. The van der Waals surface area contributed by atoms with Gasteiger partial charge < -0.3 is 10.8 Å². The van der Waals surface area contributed by atoms with E-state index in [1.807, 2.05) is 0 Å². The van der Waals surface area contributed by atoms with E-state index in [-0.39, 0.29) is 5.91 Å². The van der Waals surface area contributed by atoms with E-state index in [4.69, 9.17) is 5.73 Å². The Balaban J connectivity index is 2.00. The van der Waals surface area contributed by atoms with Gasteiger partial charge in [-0.05, 0) is 50.4 Å². The van der Waals surface area contributed by atoms with E-state index in [1.165, 1.54) is 0 Å². The number of carbonyl (C=O) groups is 1. The van der Waals surface area contributed by atoms with E-state index in [2.05, 4.69) is 6.42 Å². The molecule has 1 amide bonds. The maximum absolute atomic E-state index is 11.5. The predicted molar refractivity (Wildman–Crippen MR) is 50.9 cm³/mol. The molecule has 14 heavy (non-hydrogen) atoms. The van der Waals surface area contributed by atoms with Gasteiger partial charge >= 0.3 is 0 Å². The largest absolute Gasteiger partial charge is 0.390 e. The first-order chi connectivity index (χ1) is 6.51. The number of amides is 1. The molecule has 3 heteroatoms. The summed E-state index contributed by atoms with van der Waals surface area (Å²) in [6.45, 7) is 0. The first-order valence-electron chi connectivity index (χ1n) is 5.40. The van der Waals surface area contributed by atoms with Gasteiger partial charge in [0.1, 0.15) is 0 Å². The average Bonchev–Trinajstić information content (AvgIpc) is 1.98. The van der Waals surface area contributed by atoms with Crippen LogP contribution in [0.15, 0.2) is 0 Å². The van der Waals surface area contributed by atoms with E-state index in [0.29, 0.717) is 18.3 Å². The topological polar surface area (TPSA) is 63.3 Å². The Hall–Kier alpha value is -0.570. The molecule has 0 saturated heterocycles. The highest BCUT2D eigenvalue weighted by Crippen LogP contribution is 2.60. The van der Waals surface area contributed by atoms with Crippen molar-refractivity contribution < 1.29 is 9.90 Å². The number of hydrogen-bond acceptors (Lipinski definition) is 2. The van der Waals surface area contributed by atoms with Crippen LogP contribution in [0, 0.1) is 23.7 Å². The van der Waals surface area contributed by atoms with Gasteiger partial charge in [-0.15, -0.1) is 0 Å². The lowest BCUT2D eigenvalue weighted by atomic mass is 9.48. The molecule has 0 aromatic heterocycles. The number of nitrogens with two attached hydrogens (primary N) is 1. The van der Waals surface area contributed by atoms with Gasteiger partial charge in [-0.2, -0.15) is 0 Å². The maximum atomic E-state index is 11.5. The van der Waals surface area contributed by atoms with Crippen molar-refractivity contribution in [3.63, 3.8) is 0 Å². The molecule has 4 rings (SSSR count). The summed E-state index contributed by atoms with van der Waals surface area (Å²) in [5.74, 6) is 0.712. The Morgan fingerprint density at radius 1 is 1.43 bits per heavy atom. The van der Waals surface area contributed by atoms with Gasteiger partial charge in [-0.3, -0.25) is 4.79 Å². The second-order valence-corrected chi connectivity index (χ2v) is 5.56. The molecule has 4 aliphatic rings. The van der Waals surface area contributed by atoms with Crippen LogP contribution in [0.2, 0.25) is 0 Å². The van der Waals surface area contributed by atoms with E-state index in [9.17, 15) is 9.90 Å². The zero-order valence-electron chi connectivity index (χ0n) is 8.20. The molecule has 77 valence electrons. The number of aliphatic hydroxyl groups is 1. The minimum absolute atomic E-state index is 0.231. The van der Waals surface area contributed by atoms with Crippen LogP contribution in [0.4, 0.5) is 0 Å². The van der Waals surface area contributed by atoms with Crippen molar-refractivity contribution in [2.45, 2.75) is 37.7 Å². The Labute approximate surface area is 83.7 Å².